The van der Waals surface area contributed by atoms with E-state index in [9.17, 15) is 29.4 Å². The Morgan fingerprint density at radius 3 is 2.30 bits per heavy atom. The molecule has 1 radical (unpaired) electrons. The number of anilines is 1. The molecule has 0 spiro atoms. The molecule has 1 fully saturated rings. The number of aliphatic hydroxyl groups is 2. The first-order chi connectivity index (χ1) is 22.3. The quantitative estimate of drug-likeness (QED) is 0.235. The molecule has 2 aliphatic heterocycles. The summed E-state index contributed by atoms with van der Waals surface area (Å²) in [6.07, 6.45) is 1.57. The number of carbonyl (C=O) groups excluding carboxylic acids is 4. The predicted molar refractivity (Wildman–Crippen MR) is 207 cm³/mol. The van der Waals surface area contributed by atoms with Gasteiger partial charge in [0.15, 0.2) is 5.72 Å². The van der Waals surface area contributed by atoms with Crippen molar-refractivity contribution in [3.8, 4) is 0 Å². The largest absolute Gasteiger partial charge is 0.457 e. The molecule has 0 aliphatic carbocycles. The average molecular weight is 824 g/mol. The maximum atomic E-state index is 13.9. The van der Waals surface area contributed by atoms with Gasteiger partial charge >= 0.3 is 12.1 Å². The summed E-state index contributed by atoms with van der Waals surface area (Å²) in [6.45, 7) is 11.8. The van der Waals surface area contributed by atoms with Gasteiger partial charge in [-0.3, -0.25) is 14.9 Å². The second-order valence-corrected chi connectivity index (χ2v) is 13.5. The van der Waals surface area contributed by atoms with Crippen molar-refractivity contribution < 1.29 is 76.3 Å². The molecular weight excluding hydrogens is 755 g/mol. The topological polar surface area (TPSA) is 155 Å². The van der Waals surface area contributed by atoms with Crippen LogP contribution < -0.4 is 10.2 Å². The molecule has 4 unspecified atom stereocenters. The number of benzene rings is 1. The molecule has 12 nitrogen and oxygen atoms in total. The average Bonchev–Trinajstić information content (AvgIpc) is 3.00. The Hall–Kier alpha value is -2.64. The molecule has 1 saturated heterocycles. The van der Waals surface area contributed by atoms with Crippen LogP contribution in [0.4, 0.5) is 10.5 Å². The van der Waals surface area contributed by atoms with E-state index in [0.29, 0.717) is 12.1 Å². The number of nitrogens with zero attached hydrogens (tertiary/aromatic N) is 2. The van der Waals surface area contributed by atoms with E-state index in [-0.39, 0.29) is 81.2 Å². The van der Waals surface area contributed by atoms with Crippen LogP contribution in [-0.2, 0) is 67.7 Å². The minimum absolute atomic E-state index is 0. The van der Waals surface area contributed by atoms with Crippen molar-refractivity contribution in [2.24, 2.45) is 11.8 Å². The number of alkyl carbamates (subject to hydrolysis) is 1. The van der Waals surface area contributed by atoms with E-state index in [2.05, 4.69) is 11.4 Å². The van der Waals surface area contributed by atoms with E-state index in [4.69, 9.17) is 14.2 Å². The van der Waals surface area contributed by atoms with Gasteiger partial charge in [-0.05, 0) is 38.5 Å². The number of aryl methyl sites for hydroxylation is 1. The van der Waals surface area contributed by atoms with Crippen molar-refractivity contribution in [2.75, 3.05) is 26.1 Å². The van der Waals surface area contributed by atoms with Gasteiger partial charge in [0.25, 0.3) is 0 Å². The molecule has 301 valence electrons. The third-order valence-corrected chi connectivity index (χ3v) is 9.94. The molecule has 3 rings (SSSR count). The Morgan fingerprint density at radius 1 is 1.15 bits per heavy atom. The van der Waals surface area contributed by atoms with Crippen LogP contribution in [0.15, 0.2) is 35.9 Å². The molecule has 2 heterocycles. The summed E-state index contributed by atoms with van der Waals surface area (Å²) < 4.78 is 17.2. The van der Waals surface area contributed by atoms with Gasteiger partial charge in [-0.1, -0.05) is 86.9 Å². The van der Waals surface area contributed by atoms with E-state index in [1.807, 2.05) is 32.1 Å². The molecule has 8 atom stereocenters. The number of methoxy groups -OCH3 is 1. The van der Waals surface area contributed by atoms with Crippen molar-refractivity contribution in [3.63, 3.8) is 0 Å². The van der Waals surface area contributed by atoms with Crippen LogP contribution in [0, 0.1) is 24.8 Å². The minimum Gasteiger partial charge on any atom is -0.457 e. The third-order valence-electron chi connectivity index (χ3n) is 9.94. The zero-order chi connectivity index (χ0) is 36.1. The maximum Gasteiger partial charge on any atom is 0.409 e. The van der Waals surface area contributed by atoms with Crippen LogP contribution in [0.1, 0.15) is 102 Å². The number of likely N-dealkylation sites (N-methyl/N-ethyl adjacent to an activating group) is 1. The van der Waals surface area contributed by atoms with Crippen LogP contribution in [-0.4, -0.2) is 95.9 Å². The van der Waals surface area contributed by atoms with Gasteiger partial charge in [-0.2, -0.15) is 23.3 Å². The van der Waals surface area contributed by atoms with Crippen LogP contribution in [0.5, 0.6) is 0 Å². The molecular formula is C40H68N3O9Y-. The van der Waals surface area contributed by atoms with E-state index in [1.165, 1.54) is 37.8 Å². The summed E-state index contributed by atoms with van der Waals surface area (Å²) in [5.41, 5.74) is -0.447. The van der Waals surface area contributed by atoms with Crippen LogP contribution >= 0.6 is 0 Å². The smallest absolute Gasteiger partial charge is 0.409 e. The monoisotopic (exact) mass is 823 g/mol. The second kappa shape index (κ2) is 22.7. The molecule has 53 heavy (non-hydrogen) atoms. The maximum absolute atomic E-state index is 13.9. The number of rotatable bonds is 5. The second-order valence-electron chi connectivity index (χ2n) is 13.5. The number of esters is 1. The van der Waals surface area contributed by atoms with Crippen molar-refractivity contribution in [1.82, 2.24) is 10.2 Å². The van der Waals surface area contributed by atoms with Gasteiger partial charge in [0.1, 0.15) is 30.0 Å². The SMILES string of the molecule is C.C.C.C.CCC(C(=O)O[C@H]1CC(=O)N(C)c2[c-]c(C)cc(c2)C/C(C)=C/C=C/[C@@H](OC)[C@@]2(O)CC(OC(=O)N2)[C@@H](C)C(C)C1(C)O)N(C)C(C)=O.[Y]. The van der Waals surface area contributed by atoms with Crippen molar-refractivity contribution in [3.05, 3.63) is 53.1 Å². The van der Waals surface area contributed by atoms with E-state index in [0.717, 1.165) is 16.7 Å². The number of allylic oxidation sites excluding steroid dienone is 3. The number of ether oxygens (including phenoxy) is 3. The molecule has 2 aliphatic rings. The number of hydrogen-bond donors (Lipinski definition) is 3. The molecule has 1 aromatic carbocycles. The number of hydrogen-bond acceptors (Lipinski definition) is 9. The van der Waals surface area contributed by atoms with Crippen molar-refractivity contribution >= 4 is 29.6 Å². The van der Waals surface area contributed by atoms with Crippen LogP contribution in [0.2, 0.25) is 0 Å². The predicted octanol–water partition coefficient (Wildman–Crippen LogP) is 6.14. The first-order valence-corrected chi connectivity index (χ1v) is 16.4. The number of fused-ring (bicyclic) bond motifs is 4. The number of nitrogens with one attached hydrogen (secondary N) is 1. The third kappa shape index (κ3) is 13.3. The Balaban J connectivity index is -0.00000500. The summed E-state index contributed by atoms with van der Waals surface area (Å²) in [7, 11) is 4.52. The van der Waals surface area contributed by atoms with E-state index >= 15 is 0 Å². The Morgan fingerprint density at radius 2 is 1.75 bits per heavy atom. The molecule has 4 bridgehead atoms. The van der Waals surface area contributed by atoms with Gasteiger partial charge in [0.2, 0.25) is 11.8 Å². The fourth-order valence-corrected chi connectivity index (χ4v) is 6.39. The van der Waals surface area contributed by atoms with Gasteiger partial charge in [0, 0.05) is 67.3 Å². The zero-order valence-corrected chi connectivity index (χ0v) is 33.2. The van der Waals surface area contributed by atoms with Crippen LogP contribution in [0.25, 0.3) is 0 Å². The minimum atomic E-state index is -1.85. The summed E-state index contributed by atoms with van der Waals surface area (Å²) in [5, 5.41) is 26.4. The molecule has 0 aromatic heterocycles. The van der Waals surface area contributed by atoms with Gasteiger partial charge in [0.05, 0.1) is 6.42 Å². The summed E-state index contributed by atoms with van der Waals surface area (Å²) in [4.78, 5) is 55.1. The Kier molecular flexibility index (Phi) is 23.4. The molecule has 13 heteroatoms. The number of amides is 3. The molecule has 1 aromatic rings. The Labute approximate surface area is 345 Å². The van der Waals surface area contributed by atoms with Gasteiger partial charge in [-0.25, -0.2) is 9.59 Å². The van der Waals surface area contributed by atoms with E-state index in [1.54, 1.807) is 40.0 Å². The molecule has 3 N–H and O–H groups in total. The van der Waals surface area contributed by atoms with Crippen molar-refractivity contribution in [2.45, 2.75) is 140 Å². The Bertz CT molecular complexity index is 1430. The zero-order valence-electron chi connectivity index (χ0n) is 30.4. The normalized spacial score (nSPS) is 29.5. The summed E-state index contributed by atoms with van der Waals surface area (Å²) in [5.74, 6) is -2.90. The van der Waals surface area contributed by atoms with Gasteiger partial charge in [-0.15, -0.1) is 6.07 Å². The fourth-order valence-electron chi connectivity index (χ4n) is 6.39. The standard InChI is InChI=1S/C36H52N3O9.4CH4.Y/c1-11-28(38(8)25(6)40)33(42)48-31-19-32(41)39(9)27-17-22(3)16-26(18-27)15-21(2)13-12-14-30(46-10)36(45)20-29(47-34(43)37-36)23(4)24(5)35(31,7)44;;;;;/h12-14,16,18,23-24,28-31,44-45H,11,15,19-20H2,1-10H3,(H,37,43);4*1H4;/q-1;;;;;/b14-12+,21-13+;;;;;/t23-,24?,28?,29?,30+,31-,35?,36-;;;;;/m0...../s1. The summed E-state index contributed by atoms with van der Waals surface area (Å²) in [6, 6.07) is 6.11. The molecule has 3 amide bonds. The number of carbonyl (C=O) groups is 4. The van der Waals surface area contributed by atoms with Crippen molar-refractivity contribution in [1.29, 1.82) is 0 Å². The van der Waals surface area contributed by atoms with Crippen LogP contribution in [0.3, 0.4) is 0 Å². The van der Waals surface area contributed by atoms with Gasteiger partial charge < -0.3 is 34.2 Å². The first-order valence-electron chi connectivity index (χ1n) is 16.4. The summed E-state index contributed by atoms with van der Waals surface area (Å²) >= 11 is 0. The fraction of sp³-hybridized carbons (Fsp3) is 0.650. The molecule has 0 saturated carbocycles. The first kappa shape index (κ1) is 54.7. The van der Waals surface area contributed by atoms with E-state index < -0.39 is 71.9 Å².